The Kier molecular flexibility index (Phi) is 11.7. The van der Waals surface area contributed by atoms with Crippen molar-refractivity contribution >= 4 is 23.7 Å². The first kappa shape index (κ1) is 32.6. The Bertz CT molecular complexity index is 1380. The fraction of sp³-hybridized carbons (Fsp3) is 0.312. The summed E-state index contributed by atoms with van der Waals surface area (Å²) in [4.78, 5) is 51.9. The number of nitrogens with one attached hydrogen (secondary N) is 3. The molecule has 0 radical (unpaired) electrons. The smallest absolute Gasteiger partial charge is 0.326 e. The van der Waals surface area contributed by atoms with Gasteiger partial charge in [-0.1, -0.05) is 68.4 Å². The molecule has 3 amide bonds. The number of amides is 3. The molecule has 0 aromatic heterocycles. The van der Waals surface area contributed by atoms with Crippen molar-refractivity contribution in [2.75, 3.05) is 0 Å². The van der Waals surface area contributed by atoms with E-state index in [-0.39, 0.29) is 36.7 Å². The molecular formula is C32H38N4O7. The molecule has 11 nitrogen and oxygen atoms in total. The van der Waals surface area contributed by atoms with Crippen LogP contribution in [-0.4, -0.2) is 63.2 Å². The molecule has 228 valence electrons. The van der Waals surface area contributed by atoms with E-state index in [0.29, 0.717) is 5.56 Å². The van der Waals surface area contributed by atoms with Gasteiger partial charge in [0.15, 0.2) is 0 Å². The summed E-state index contributed by atoms with van der Waals surface area (Å²) >= 11 is 0. The Morgan fingerprint density at radius 2 is 1.09 bits per heavy atom. The molecule has 8 N–H and O–H groups in total. The van der Waals surface area contributed by atoms with Crippen molar-refractivity contribution in [3.05, 3.63) is 95.6 Å². The first-order valence-electron chi connectivity index (χ1n) is 13.9. The van der Waals surface area contributed by atoms with Crippen LogP contribution in [0.3, 0.4) is 0 Å². The first-order valence-corrected chi connectivity index (χ1v) is 13.9. The number of carboxylic acids is 1. The Balaban J connectivity index is 1.74. The van der Waals surface area contributed by atoms with Gasteiger partial charge in [0.2, 0.25) is 17.7 Å². The lowest BCUT2D eigenvalue weighted by atomic mass is 9.99. The highest BCUT2D eigenvalue weighted by Gasteiger charge is 2.32. The molecule has 0 aliphatic rings. The van der Waals surface area contributed by atoms with Crippen LogP contribution in [0.4, 0.5) is 0 Å². The van der Waals surface area contributed by atoms with Gasteiger partial charge in [0.25, 0.3) is 0 Å². The molecule has 43 heavy (non-hydrogen) atoms. The van der Waals surface area contributed by atoms with Crippen LogP contribution in [-0.2, 0) is 38.4 Å². The minimum absolute atomic E-state index is 0.0263. The second kappa shape index (κ2) is 15.4. The predicted octanol–water partition coefficient (Wildman–Crippen LogP) is 1.65. The average Bonchev–Trinajstić information content (AvgIpc) is 2.97. The standard InChI is InChI=1S/C32H38N4O7/c1-19(2)28(36-29(39)25(33)16-21-8-12-23(37)13-9-21)31(41)34-26(17-20-6-4-3-5-7-20)30(40)35-27(32(42)43)18-22-10-14-24(38)15-11-22/h3-15,19,25-28,37-38H,16-18,33H2,1-2H3,(H,34,41)(H,35,40)(H,36,39)(H,42,43). The third-order valence-electron chi connectivity index (χ3n) is 6.88. The van der Waals surface area contributed by atoms with E-state index in [9.17, 15) is 34.5 Å². The van der Waals surface area contributed by atoms with Crippen molar-refractivity contribution in [2.45, 2.75) is 57.3 Å². The summed E-state index contributed by atoms with van der Waals surface area (Å²) in [6.07, 6.45) is 0.204. The number of hydrogen-bond acceptors (Lipinski definition) is 7. The lowest BCUT2D eigenvalue weighted by molar-refractivity contribution is -0.142. The number of nitrogens with two attached hydrogens (primary N) is 1. The molecule has 4 unspecified atom stereocenters. The topological polar surface area (TPSA) is 191 Å². The van der Waals surface area contributed by atoms with Crippen LogP contribution in [0.5, 0.6) is 11.5 Å². The van der Waals surface area contributed by atoms with Crippen molar-refractivity contribution in [1.82, 2.24) is 16.0 Å². The average molecular weight is 591 g/mol. The molecule has 0 saturated heterocycles. The van der Waals surface area contributed by atoms with Gasteiger partial charge < -0.3 is 37.0 Å². The van der Waals surface area contributed by atoms with Gasteiger partial charge in [0.1, 0.15) is 29.6 Å². The van der Waals surface area contributed by atoms with Crippen LogP contribution in [0.25, 0.3) is 0 Å². The van der Waals surface area contributed by atoms with Gasteiger partial charge in [-0.3, -0.25) is 14.4 Å². The number of carbonyl (C=O) groups excluding carboxylic acids is 3. The molecule has 3 rings (SSSR count). The van der Waals surface area contributed by atoms with E-state index in [1.54, 1.807) is 68.4 Å². The summed E-state index contributed by atoms with van der Waals surface area (Å²) in [5.74, 6) is -3.41. The van der Waals surface area contributed by atoms with Crippen molar-refractivity contribution in [3.8, 4) is 11.5 Å². The highest BCUT2D eigenvalue weighted by Crippen LogP contribution is 2.14. The van der Waals surface area contributed by atoms with Crippen LogP contribution in [0, 0.1) is 5.92 Å². The number of phenolic OH excluding ortho intramolecular Hbond substituents is 2. The molecule has 11 heteroatoms. The third kappa shape index (κ3) is 10.2. The SMILES string of the molecule is CC(C)C(NC(=O)C(N)Cc1ccc(O)cc1)C(=O)NC(Cc1ccccc1)C(=O)NC(Cc1ccc(O)cc1)C(=O)O. The van der Waals surface area contributed by atoms with Gasteiger partial charge in [0.05, 0.1) is 6.04 Å². The van der Waals surface area contributed by atoms with Crippen molar-refractivity contribution in [1.29, 1.82) is 0 Å². The second-order valence-corrected chi connectivity index (χ2v) is 10.7. The Morgan fingerprint density at radius 3 is 1.60 bits per heavy atom. The van der Waals surface area contributed by atoms with Crippen LogP contribution in [0.1, 0.15) is 30.5 Å². The Hall–Kier alpha value is -4.90. The molecule has 3 aromatic rings. The quantitative estimate of drug-likeness (QED) is 0.147. The zero-order valence-electron chi connectivity index (χ0n) is 24.1. The first-order chi connectivity index (χ1) is 20.4. The maximum Gasteiger partial charge on any atom is 0.326 e. The minimum Gasteiger partial charge on any atom is -0.508 e. The summed E-state index contributed by atoms with van der Waals surface area (Å²) in [5, 5.41) is 36.7. The van der Waals surface area contributed by atoms with E-state index in [2.05, 4.69) is 16.0 Å². The second-order valence-electron chi connectivity index (χ2n) is 10.7. The van der Waals surface area contributed by atoms with E-state index >= 15 is 0 Å². The summed E-state index contributed by atoms with van der Waals surface area (Å²) in [7, 11) is 0. The summed E-state index contributed by atoms with van der Waals surface area (Å²) in [5.41, 5.74) is 8.14. The zero-order valence-corrected chi connectivity index (χ0v) is 24.1. The fourth-order valence-electron chi connectivity index (χ4n) is 4.43. The van der Waals surface area contributed by atoms with Gasteiger partial charge in [-0.25, -0.2) is 4.79 Å². The van der Waals surface area contributed by atoms with E-state index < -0.39 is 47.9 Å². The van der Waals surface area contributed by atoms with E-state index in [1.165, 1.54) is 24.3 Å². The van der Waals surface area contributed by atoms with Gasteiger partial charge in [-0.05, 0) is 53.3 Å². The van der Waals surface area contributed by atoms with Crippen LogP contribution >= 0.6 is 0 Å². The largest absolute Gasteiger partial charge is 0.508 e. The number of phenols is 2. The monoisotopic (exact) mass is 590 g/mol. The van der Waals surface area contributed by atoms with Crippen LogP contribution in [0.15, 0.2) is 78.9 Å². The Labute approximate surface area is 250 Å². The molecule has 0 fully saturated rings. The molecule has 3 aromatic carbocycles. The van der Waals surface area contributed by atoms with E-state index in [1.807, 2.05) is 0 Å². The minimum atomic E-state index is -1.30. The van der Waals surface area contributed by atoms with E-state index in [4.69, 9.17) is 5.73 Å². The normalized spacial score (nSPS) is 13.8. The number of aromatic hydroxyl groups is 2. The number of carbonyl (C=O) groups is 4. The number of rotatable bonds is 14. The zero-order chi connectivity index (χ0) is 31.5. The molecular weight excluding hydrogens is 552 g/mol. The summed E-state index contributed by atoms with van der Waals surface area (Å²) in [6.45, 7) is 3.47. The molecule has 0 aliphatic carbocycles. The number of hydrogen-bond donors (Lipinski definition) is 7. The Morgan fingerprint density at radius 1 is 0.628 bits per heavy atom. The van der Waals surface area contributed by atoms with Crippen LogP contribution in [0.2, 0.25) is 0 Å². The van der Waals surface area contributed by atoms with Gasteiger partial charge in [0, 0.05) is 12.8 Å². The summed E-state index contributed by atoms with van der Waals surface area (Å²) < 4.78 is 0. The number of aliphatic carboxylic acids is 1. The van der Waals surface area contributed by atoms with Gasteiger partial charge >= 0.3 is 5.97 Å². The van der Waals surface area contributed by atoms with E-state index in [0.717, 1.165) is 11.1 Å². The van der Waals surface area contributed by atoms with Crippen LogP contribution < -0.4 is 21.7 Å². The molecule has 0 heterocycles. The molecule has 0 bridgehead atoms. The van der Waals surface area contributed by atoms with Crippen molar-refractivity contribution < 1.29 is 34.5 Å². The molecule has 4 atom stereocenters. The van der Waals surface area contributed by atoms with Gasteiger partial charge in [-0.15, -0.1) is 0 Å². The number of carboxylic acid groups (broad SMARTS) is 1. The van der Waals surface area contributed by atoms with Crippen molar-refractivity contribution in [3.63, 3.8) is 0 Å². The lowest BCUT2D eigenvalue weighted by Crippen LogP contribution is -2.59. The third-order valence-corrected chi connectivity index (χ3v) is 6.88. The summed E-state index contributed by atoms with van der Waals surface area (Å²) in [6, 6.07) is 16.7. The lowest BCUT2D eigenvalue weighted by Gasteiger charge is -2.27. The maximum absolute atomic E-state index is 13.5. The highest BCUT2D eigenvalue weighted by molar-refractivity contribution is 5.94. The predicted molar refractivity (Wildman–Crippen MR) is 160 cm³/mol. The van der Waals surface area contributed by atoms with Gasteiger partial charge in [-0.2, -0.15) is 0 Å². The fourth-order valence-corrected chi connectivity index (χ4v) is 4.43. The number of benzene rings is 3. The highest BCUT2D eigenvalue weighted by atomic mass is 16.4. The van der Waals surface area contributed by atoms with Crippen molar-refractivity contribution in [2.24, 2.45) is 11.7 Å². The molecule has 0 spiro atoms. The maximum atomic E-state index is 13.5. The molecule has 0 saturated carbocycles. The molecule has 0 aliphatic heterocycles.